The first kappa shape index (κ1) is 30.8. The van der Waals surface area contributed by atoms with Crippen LogP contribution in [-0.2, 0) is 0 Å². The van der Waals surface area contributed by atoms with Crippen molar-refractivity contribution >= 4 is 33.6 Å². The van der Waals surface area contributed by atoms with E-state index in [1.165, 1.54) is 0 Å². The topological polar surface area (TPSA) is 90.6 Å². The highest BCUT2D eigenvalue weighted by molar-refractivity contribution is 6.29. The summed E-state index contributed by atoms with van der Waals surface area (Å²) in [5, 5.41) is 22.2. The van der Waals surface area contributed by atoms with Gasteiger partial charge in [-0.3, -0.25) is 15.0 Å². The Hall–Kier alpha value is -7.98. The van der Waals surface area contributed by atoms with Crippen LogP contribution in [0.1, 0.15) is 50.1 Å². The highest BCUT2D eigenvalue weighted by Gasteiger charge is 2.44. The first-order valence-corrected chi connectivity index (χ1v) is 17.4. The van der Waals surface area contributed by atoms with Crippen molar-refractivity contribution in [3.63, 3.8) is 0 Å². The standard InChI is InChI=1S/C48H24N6/c1-51-48(30-18-24-54-25-19-30)44-36-13-7-6-12-35(36)43-46-39(37(26-49)28-14-20-52-21-15-28)31-8-2-4-10-33(31)41(46)45-40(38(27-50)29-16-22-53-23-17-29)32-9-3-5-11-34(32)42(45)47(43)44/h2-25H/b39-37+,40-38+,48-44-. The zero-order valence-electron chi connectivity index (χ0n) is 28.5. The smallest absolute Gasteiger partial charge is 0.202 e. The summed E-state index contributed by atoms with van der Waals surface area (Å²) >= 11 is 0. The number of nitrogens with zero attached hydrogens (tertiary/aromatic N) is 6. The Bertz CT molecular complexity index is 2640. The van der Waals surface area contributed by atoms with Crippen LogP contribution in [-0.4, -0.2) is 15.0 Å². The summed E-state index contributed by atoms with van der Waals surface area (Å²) in [5.74, 6) is 0. The maximum atomic E-state index is 11.1. The molecule has 3 aliphatic carbocycles. The number of aromatic nitrogens is 3. The number of allylic oxidation sites excluding steroid dienone is 2. The lowest BCUT2D eigenvalue weighted by Gasteiger charge is -2.20. The molecule has 0 saturated heterocycles. The molecule has 3 aromatic heterocycles. The van der Waals surface area contributed by atoms with Crippen LogP contribution in [0.5, 0.6) is 0 Å². The average molecular weight is 685 g/mol. The van der Waals surface area contributed by atoms with Gasteiger partial charge in [0.25, 0.3) is 0 Å². The molecule has 4 aromatic carbocycles. The molecular weight excluding hydrogens is 661 g/mol. The van der Waals surface area contributed by atoms with Crippen molar-refractivity contribution in [3.8, 4) is 45.5 Å². The molecule has 0 spiro atoms. The van der Waals surface area contributed by atoms with Gasteiger partial charge in [-0.05, 0) is 114 Å². The van der Waals surface area contributed by atoms with E-state index in [2.05, 4.69) is 68.3 Å². The lowest BCUT2D eigenvalue weighted by molar-refractivity contribution is 1.32. The summed E-state index contributed by atoms with van der Waals surface area (Å²) in [6, 6.07) is 41.2. The average Bonchev–Trinajstić information content (AvgIpc) is 3.87. The second-order valence-electron chi connectivity index (χ2n) is 13.2. The Labute approximate surface area is 311 Å². The van der Waals surface area contributed by atoms with Crippen LogP contribution in [0.25, 0.3) is 71.8 Å². The van der Waals surface area contributed by atoms with Gasteiger partial charge in [-0.1, -0.05) is 72.8 Å². The predicted molar refractivity (Wildman–Crippen MR) is 211 cm³/mol. The van der Waals surface area contributed by atoms with Crippen molar-refractivity contribution < 1.29 is 0 Å². The van der Waals surface area contributed by atoms with Gasteiger partial charge in [0.05, 0.1) is 17.7 Å². The summed E-state index contributed by atoms with van der Waals surface area (Å²) in [5.41, 5.74) is 17.7. The molecule has 6 nitrogen and oxygen atoms in total. The van der Waals surface area contributed by atoms with Gasteiger partial charge in [-0.2, -0.15) is 10.5 Å². The zero-order chi connectivity index (χ0) is 36.3. The van der Waals surface area contributed by atoms with Gasteiger partial charge in [0.2, 0.25) is 5.70 Å². The predicted octanol–water partition coefficient (Wildman–Crippen LogP) is 10.6. The molecule has 0 N–H and O–H groups in total. The lowest BCUT2D eigenvalue weighted by atomic mass is 9.81. The minimum absolute atomic E-state index is 0.506. The van der Waals surface area contributed by atoms with Crippen LogP contribution in [0.15, 0.2) is 146 Å². The van der Waals surface area contributed by atoms with E-state index in [4.69, 9.17) is 6.57 Å². The minimum atomic E-state index is 0.506. The van der Waals surface area contributed by atoms with Crippen molar-refractivity contribution in [1.82, 2.24) is 15.0 Å². The van der Waals surface area contributed by atoms with Crippen LogP contribution >= 0.6 is 0 Å². The van der Waals surface area contributed by atoms with E-state index in [1.54, 1.807) is 37.2 Å². The quantitative estimate of drug-likeness (QED) is 0.136. The van der Waals surface area contributed by atoms with E-state index in [-0.39, 0.29) is 0 Å². The van der Waals surface area contributed by atoms with Gasteiger partial charge in [-0.15, -0.1) is 0 Å². The van der Waals surface area contributed by atoms with Crippen LogP contribution in [0.2, 0.25) is 0 Å². The van der Waals surface area contributed by atoms with E-state index in [9.17, 15) is 10.5 Å². The third-order valence-electron chi connectivity index (χ3n) is 10.6. The van der Waals surface area contributed by atoms with Crippen molar-refractivity contribution in [2.45, 2.75) is 0 Å². The molecule has 0 aliphatic heterocycles. The number of hydrogen-bond donors (Lipinski definition) is 0. The molecule has 0 amide bonds. The second-order valence-corrected chi connectivity index (χ2v) is 13.2. The molecule has 10 rings (SSSR count). The highest BCUT2D eigenvalue weighted by Crippen LogP contribution is 2.65. The summed E-state index contributed by atoms with van der Waals surface area (Å²) in [6.07, 6.45) is 10.3. The summed E-state index contributed by atoms with van der Waals surface area (Å²) in [4.78, 5) is 17.0. The van der Waals surface area contributed by atoms with E-state index in [0.29, 0.717) is 16.8 Å². The normalized spacial score (nSPS) is 15.3. The Balaban J connectivity index is 1.51. The maximum absolute atomic E-state index is 11.1. The molecule has 0 atom stereocenters. The fourth-order valence-corrected chi connectivity index (χ4v) is 8.58. The van der Waals surface area contributed by atoms with E-state index < -0.39 is 0 Å². The third kappa shape index (κ3) is 4.22. The van der Waals surface area contributed by atoms with Crippen molar-refractivity contribution in [3.05, 3.63) is 208 Å². The zero-order valence-corrected chi connectivity index (χ0v) is 28.5. The largest absolute Gasteiger partial charge is 0.265 e. The van der Waals surface area contributed by atoms with Gasteiger partial charge in [0, 0.05) is 59.5 Å². The number of nitriles is 2. The summed E-state index contributed by atoms with van der Waals surface area (Å²) in [6.45, 7) is 8.68. The van der Waals surface area contributed by atoms with E-state index in [1.807, 2.05) is 72.8 Å². The fourth-order valence-electron chi connectivity index (χ4n) is 8.58. The molecule has 3 heterocycles. The number of hydrogen-bond acceptors (Lipinski definition) is 5. The molecule has 0 bridgehead atoms. The molecule has 0 saturated carbocycles. The number of fused-ring (bicyclic) bond motifs is 12. The number of benzene rings is 4. The molecule has 0 unspecified atom stereocenters. The molecular formula is C48H24N6. The van der Waals surface area contributed by atoms with Crippen LogP contribution in [0, 0.1) is 29.2 Å². The molecule has 3 aliphatic rings. The van der Waals surface area contributed by atoms with Gasteiger partial charge in [0.15, 0.2) is 0 Å². The Morgan fingerprint density at radius 2 is 0.722 bits per heavy atom. The van der Waals surface area contributed by atoms with Gasteiger partial charge in [-0.25, -0.2) is 4.85 Å². The molecule has 6 heteroatoms. The Kier molecular flexibility index (Phi) is 6.89. The van der Waals surface area contributed by atoms with Crippen molar-refractivity contribution in [2.75, 3.05) is 0 Å². The molecule has 0 fully saturated rings. The number of pyridine rings is 3. The van der Waals surface area contributed by atoms with Crippen LogP contribution in [0.4, 0.5) is 0 Å². The van der Waals surface area contributed by atoms with Crippen molar-refractivity contribution in [2.24, 2.45) is 0 Å². The second kappa shape index (κ2) is 12.1. The third-order valence-corrected chi connectivity index (χ3v) is 10.6. The Morgan fingerprint density at radius 3 is 1.07 bits per heavy atom. The lowest BCUT2D eigenvalue weighted by Crippen LogP contribution is -2.00. The monoisotopic (exact) mass is 684 g/mol. The van der Waals surface area contributed by atoms with Gasteiger partial charge >= 0.3 is 0 Å². The minimum Gasteiger partial charge on any atom is -0.265 e. The SMILES string of the molecule is [C-]#[N+]/C(=C1/c2ccccc2-c2c3c(c4c(c21)-c1ccccc1/C4=C(/C#N)c1ccncc1)-c1ccccc1/C3=C(/C#N)c1ccncc1)c1ccncc1. The number of rotatable bonds is 3. The van der Waals surface area contributed by atoms with Crippen molar-refractivity contribution in [1.29, 1.82) is 10.5 Å². The molecule has 7 aromatic rings. The van der Waals surface area contributed by atoms with E-state index >= 15 is 0 Å². The van der Waals surface area contributed by atoms with Crippen LogP contribution in [0.3, 0.4) is 0 Å². The highest BCUT2D eigenvalue weighted by atomic mass is 14.7. The van der Waals surface area contributed by atoms with Gasteiger partial charge in [0.1, 0.15) is 12.1 Å². The Morgan fingerprint density at radius 1 is 0.407 bits per heavy atom. The molecule has 246 valence electrons. The first-order valence-electron chi connectivity index (χ1n) is 17.4. The van der Waals surface area contributed by atoms with Gasteiger partial charge < -0.3 is 0 Å². The van der Waals surface area contributed by atoms with E-state index in [0.717, 1.165) is 100 Å². The molecule has 0 radical (unpaired) electrons. The van der Waals surface area contributed by atoms with Crippen LogP contribution < -0.4 is 0 Å². The first-order chi connectivity index (χ1) is 26.7. The summed E-state index contributed by atoms with van der Waals surface area (Å²) < 4.78 is 0. The maximum Gasteiger partial charge on any atom is 0.202 e. The fraction of sp³-hybridized carbons (Fsp3) is 0. The molecule has 54 heavy (non-hydrogen) atoms. The summed E-state index contributed by atoms with van der Waals surface area (Å²) in [7, 11) is 0.